The second-order valence-corrected chi connectivity index (χ2v) is 38.9. The molecule has 0 radical (unpaired) electrons. The van der Waals surface area contributed by atoms with Crippen LogP contribution < -0.4 is 0 Å². The van der Waals surface area contributed by atoms with Crippen LogP contribution in [-0.2, 0) is 48.7 Å². The van der Waals surface area contributed by atoms with Crippen LogP contribution in [0.2, 0.25) is 6.55 Å². The van der Waals surface area contributed by atoms with E-state index in [9.17, 15) is 0 Å². The smallest absolute Gasteiger partial charge is 0.394 e. The minimum absolute atomic E-state index is 0.299. The molecule has 0 rings (SSSR count). The van der Waals surface area contributed by atoms with Crippen molar-refractivity contribution in [3.63, 3.8) is 0 Å². The van der Waals surface area contributed by atoms with Crippen LogP contribution in [-0.4, -0.2) is 112 Å². The molecule has 0 heterocycles. The lowest BCUT2D eigenvalue weighted by atomic mass is 10.9. The zero-order valence-electron chi connectivity index (χ0n) is 26.8. The summed E-state index contributed by atoms with van der Waals surface area (Å²) >= 11 is 0. The summed E-state index contributed by atoms with van der Waals surface area (Å²) in [6.45, 7) is 26.9. The molecule has 0 aromatic rings. The van der Waals surface area contributed by atoms with Crippen molar-refractivity contribution in [2.24, 2.45) is 0 Å². The van der Waals surface area contributed by atoms with Gasteiger partial charge >= 0.3 is 39.2 Å². The van der Waals surface area contributed by atoms with Gasteiger partial charge in [-0.3, -0.25) is 0 Å². The van der Waals surface area contributed by atoms with Crippen molar-refractivity contribution in [2.75, 3.05) is 72.7 Å². The average molecular weight is 651 g/mol. The topological polar surface area (TPSA) is 102 Å². The Hall–Kier alpha value is 0.644. The number of hydrogen-bond acceptors (Lipinski definition) is 11. The summed E-state index contributed by atoms with van der Waals surface area (Å²) in [5.41, 5.74) is 0. The molecule has 0 aromatic heterocycles. The van der Waals surface area contributed by atoms with Crippen LogP contribution in [0.15, 0.2) is 0 Å². The molecule has 0 atom stereocenters. The Bertz CT molecular complexity index is 594. The molecule has 0 bridgehead atoms. The van der Waals surface area contributed by atoms with E-state index in [1.807, 2.05) is 82.7 Å². The molecule has 0 amide bonds. The highest BCUT2D eigenvalue weighted by atomic mass is 30.0. The molecule has 0 aromatic carbocycles. The Morgan fingerprint density at radius 1 is 0.282 bits per heavy atom. The Morgan fingerprint density at radius 3 is 0.769 bits per heavy atom. The lowest BCUT2D eigenvalue weighted by molar-refractivity contribution is 0.0610. The third-order valence-corrected chi connectivity index (χ3v) is 59.1. The molecule has 39 heavy (non-hydrogen) atoms. The van der Waals surface area contributed by atoms with E-state index in [1.54, 1.807) is 0 Å². The predicted octanol–water partition coefficient (Wildman–Crippen LogP) is 4.04. The minimum Gasteiger partial charge on any atom is -0.394 e. The zero-order valence-corrected chi connectivity index (χ0v) is 31.8. The fraction of sp³-hybridized carbons (Fsp3) is 1.00. The first-order valence-corrected chi connectivity index (χ1v) is 28.2. The van der Waals surface area contributed by atoms with E-state index in [-0.39, 0.29) is 0 Å². The van der Waals surface area contributed by atoms with Gasteiger partial charge in [-0.15, -0.1) is 0 Å². The van der Waals surface area contributed by atoms with Crippen LogP contribution >= 0.6 is 0 Å². The lowest BCUT2D eigenvalue weighted by Gasteiger charge is -2.55. The molecule has 0 saturated carbocycles. The molecule has 0 fully saturated rings. The molecular formula is C23H58O11Si5. The fourth-order valence-electron chi connectivity index (χ4n) is 5.02. The third-order valence-electron chi connectivity index (χ3n) is 5.80. The van der Waals surface area contributed by atoms with Crippen molar-refractivity contribution in [1.29, 1.82) is 0 Å². The quantitative estimate of drug-likeness (QED) is 0.127. The first-order valence-electron chi connectivity index (χ1n) is 14.7. The number of rotatable bonds is 26. The largest absolute Gasteiger partial charge is 0.541 e. The van der Waals surface area contributed by atoms with Crippen molar-refractivity contribution in [3.05, 3.63) is 0 Å². The van der Waals surface area contributed by atoms with Gasteiger partial charge in [-0.05, 0) is 82.7 Å². The maximum Gasteiger partial charge on any atom is 0.541 e. The Kier molecular flexibility index (Phi) is 20.1. The molecule has 0 N–H and O–H groups in total. The van der Waals surface area contributed by atoms with Gasteiger partial charge in [-0.2, -0.15) is 0 Å². The average Bonchev–Trinajstić information content (AvgIpc) is 2.88. The first-order chi connectivity index (χ1) is 18.7. The van der Waals surface area contributed by atoms with E-state index >= 15 is 0 Å². The second-order valence-electron chi connectivity index (χ2n) is 8.11. The van der Waals surface area contributed by atoms with Crippen molar-refractivity contribution in [2.45, 2.75) is 82.7 Å². The number of hydrogen-bond donors (Lipinski definition) is 0. The Balaban J connectivity index is 8.52. The fourth-order valence-corrected chi connectivity index (χ4v) is 80.7. The highest BCUT2D eigenvalue weighted by Gasteiger charge is 2.95. The van der Waals surface area contributed by atoms with Gasteiger partial charge in [-0.1, -0.05) is 0 Å². The maximum absolute atomic E-state index is 7.00. The molecule has 0 saturated heterocycles. The summed E-state index contributed by atoms with van der Waals surface area (Å²) in [5, 5.41) is 0. The van der Waals surface area contributed by atoms with E-state index in [2.05, 4.69) is 0 Å². The molecule has 16 heteroatoms. The van der Waals surface area contributed by atoms with Crippen molar-refractivity contribution in [1.82, 2.24) is 0 Å². The van der Waals surface area contributed by atoms with E-state index < -0.39 is 39.2 Å². The molecule has 0 spiro atoms. The Labute approximate surface area is 242 Å². The zero-order chi connectivity index (χ0) is 30.1. The van der Waals surface area contributed by atoms with Crippen LogP contribution in [0.5, 0.6) is 0 Å². The van der Waals surface area contributed by atoms with Gasteiger partial charge in [0, 0.05) is 72.7 Å². The van der Waals surface area contributed by atoms with Crippen LogP contribution in [0, 0.1) is 0 Å². The minimum atomic E-state index is -4.01. The normalized spacial score (nSPS) is 13.8. The summed E-state index contributed by atoms with van der Waals surface area (Å²) in [6, 6.07) is 0. The van der Waals surface area contributed by atoms with E-state index in [4.69, 9.17) is 48.7 Å². The molecule has 236 valence electrons. The van der Waals surface area contributed by atoms with Gasteiger partial charge < -0.3 is 48.7 Å². The van der Waals surface area contributed by atoms with Gasteiger partial charge in [0.1, 0.15) is 0 Å². The predicted molar refractivity (Wildman–Crippen MR) is 163 cm³/mol. The Morgan fingerprint density at radius 2 is 0.513 bits per heavy atom. The summed E-state index contributed by atoms with van der Waals surface area (Å²) in [7, 11) is -19.0. The molecule has 11 nitrogen and oxygen atoms in total. The highest BCUT2D eigenvalue weighted by Crippen LogP contribution is 2.45. The molecule has 0 aliphatic heterocycles. The third kappa shape index (κ3) is 7.98. The summed E-state index contributed by atoms with van der Waals surface area (Å²) in [4.78, 5) is 0. The van der Waals surface area contributed by atoms with Gasteiger partial charge in [-0.25, -0.2) is 0 Å². The van der Waals surface area contributed by atoms with Gasteiger partial charge in [0.15, 0.2) is 0 Å². The molecule has 0 unspecified atom stereocenters. The van der Waals surface area contributed by atoms with E-state index in [0.29, 0.717) is 72.7 Å². The first kappa shape index (κ1) is 39.6. The summed E-state index contributed by atoms with van der Waals surface area (Å²) in [6.07, 6.45) is 0. The van der Waals surface area contributed by atoms with Crippen molar-refractivity contribution in [3.8, 4) is 0 Å². The van der Waals surface area contributed by atoms with Gasteiger partial charge in [0.2, 0.25) is 0 Å². The molecular weight excluding hydrogens is 593 g/mol. The lowest BCUT2D eigenvalue weighted by Crippen LogP contribution is -2.98. The standard InChI is InChI=1S/C23H58O11Si5/c1-13-24-35(12,25-14-2)37(29-18-6,30-19-7)39(33-22-10,34-23-11)38(31-20-8,32-21-9)36(26-15-3,27-16-4)28-17-5/h13-23H2,1-12H3. The summed E-state index contributed by atoms with van der Waals surface area (Å²) in [5.74, 6) is 0. The monoisotopic (exact) mass is 650 g/mol. The van der Waals surface area contributed by atoms with Crippen LogP contribution in [0.4, 0.5) is 0 Å². The highest BCUT2D eigenvalue weighted by molar-refractivity contribution is 7.83. The van der Waals surface area contributed by atoms with Crippen LogP contribution in [0.3, 0.4) is 0 Å². The van der Waals surface area contributed by atoms with Crippen LogP contribution in [0.1, 0.15) is 76.2 Å². The summed E-state index contributed by atoms with van der Waals surface area (Å²) < 4.78 is 74.6. The second kappa shape index (κ2) is 19.8. The van der Waals surface area contributed by atoms with E-state index in [0.717, 1.165) is 0 Å². The van der Waals surface area contributed by atoms with Crippen LogP contribution in [0.25, 0.3) is 0 Å². The SMILES string of the molecule is CCO[Si](C)(OCC)[Si](OCC)(OCC)[Si](OCC)(OCC)[Si](OCC)(OCC)[Si](OCC)(OCC)OCC. The van der Waals surface area contributed by atoms with E-state index in [1.165, 1.54) is 0 Å². The van der Waals surface area contributed by atoms with Crippen molar-refractivity contribution < 1.29 is 48.7 Å². The molecule has 0 aliphatic carbocycles. The maximum atomic E-state index is 7.00. The van der Waals surface area contributed by atoms with Crippen molar-refractivity contribution >= 4 is 39.2 Å². The van der Waals surface area contributed by atoms with Gasteiger partial charge in [0.25, 0.3) is 0 Å². The van der Waals surface area contributed by atoms with Gasteiger partial charge in [0.05, 0.1) is 0 Å². The molecule has 0 aliphatic rings.